The molecule has 0 aromatic heterocycles. The Morgan fingerprint density at radius 2 is 1.88 bits per heavy atom. The fourth-order valence-electron chi connectivity index (χ4n) is 1.99. The zero-order valence-electron chi connectivity index (χ0n) is 11.0. The van der Waals surface area contributed by atoms with Crippen molar-refractivity contribution in [2.45, 2.75) is 50.3 Å². The molecular formula is C15H22OS. The zero-order chi connectivity index (χ0) is 12.7. The average Bonchev–Trinajstić information content (AvgIpc) is 2.39. The molecule has 0 saturated heterocycles. The smallest absolute Gasteiger partial charge is 0.132 e. The molecule has 1 atom stereocenters. The van der Waals surface area contributed by atoms with Crippen LogP contribution in [0.1, 0.15) is 51.0 Å². The van der Waals surface area contributed by atoms with Crippen LogP contribution < -0.4 is 0 Å². The second kappa shape index (κ2) is 7.54. The summed E-state index contributed by atoms with van der Waals surface area (Å²) < 4.78 is 0. The molecule has 2 heteroatoms. The van der Waals surface area contributed by atoms with E-state index in [1.165, 1.54) is 10.5 Å². The lowest BCUT2D eigenvalue weighted by Gasteiger charge is -2.15. The molecule has 17 heavy (non-hydrogen) atoms. The van der Waals surface area contributed by atoms with Crippen molar-refractivity contribution in [2.75, 3.05) is 6.26 Å². The van der Waals surface area contributed by atoms with E-state index < -0.39 is 0 Å². The first-order valence-corrected chi connectivity index (χ1v) is 7.59. The summed E-state index contributed by atoms with van der Waals surface area (Å²) in [4.78, 5) is 12.7. The summed E-state index contributed by atoms with van der Waals surface area (Å²) in [6.45, 7) is 4.14. The van der Waals surface area contributed by atoms with Gasteiger partial charge in [-0.05, 0) is 42.7 Å². The maximum Gasteiger partial charge on any atom is 0.132 e. The lowest BCUT2D eigenvalue weighted by atomic mass is 9.91. The number of Topliss-reactive ketones (excluding diaryl/α,β-unsaturated/α-hetero) is 1. The molecule has 1 nitrogen and oxygen atoms in total. The van der Waals surface area contributed by atoms with Gasteiger partial charge < -0.3 is 0 Å². The maximum absolute atomic E-state index is 11.4. The number of carbonyl (C=O) groups is 1. The van der Waals surface area contributed by atoms with Crippen molar-refractivity contribution in [1.29, 1.82) is 0 Å². The van der Waals surface area contributed by atoms with Gasteiger partial charge in [-0.15, -0.1) is 11.8 Å². The van der Waals surface area contributed by atoms with Gasteiger partial charge in [0.15, 0.2) is 0 Å². The topological polar surface area (TPSA) is 17.1 Å². The van der Waals surface area contributed by atoms with Crippen molar-refractivity contribution in [3.05, 3.63) is 29.8 Å². The molecule has 0 bridgehead atoms. The molecule has 0 heterocycles. The maximum atomic E-state index is 11.4. The summed E-state index contributed by atoms with van der Waals surface area (Å²) in [5.41, 5.74) is 1.37. The lowest BCUT2D eigenvalue weighted by molar-refractivity contribution is -0.118. The minimum atomic E-state index is 0.379. The Morgan fingerprint density at radius 1 is 1.24 bits per heavy atom. The summed E-state index contributed by atoms with van der Waals surface area (Å²) in [7, 11) is 0. The van der Waals surface area contributed by atoms with Gasteiger partial charge >= 0.3 is 0 Å². The van der Waals surface area contributed by atoms with E-state index in [0.717, 1.165) is 19.3 Å². The summed E-state index contributed by atoms with van der Waals surface area (Å²) in [6, 6.07) is 8.75. The van der Waals surface area contributed by atoms with Crippen LogP contribution in [0.4, 0.5) is 0 Å². The van der Waals surface area contributed by atoms with Crippen LogP contribution in [0.5, 0.6) is 0 Å². The second-order valence-corrected chi connectivity index (χ2v) is 5.19. The molecule has 0 radical (unpaired) electrons. The third-order valence-corrected chi connectivity index (χ3v) is 3.99. The predicted molar refractivity (Wildman–Crippen MR) is 75.8 cm³/mol. The van der Waals surface area contributed by atoms with Gasteiger partial charge in [-0.3, -0.25) is 4.79 Å². The van der Waals surface area contributed by atoms with Crippen LogP contribution in [0.15, 0.2) is 29.2 Å². The van der Waals surface area contributed by atoms with Crippen LogP contribution in [0, 0.1) is 0 Å². The van der Waals surface area contributed by atoms with E-state index in [9.17, 15) is 4.79 Å². The van der Waals surface area contributed by atoms with Crippen molar-refractivity contribution in [1.82, 2.24) is 0 Å². The van der Waals surface area contributed by atoms with Gasteiger partial charge in [0, 0.05) is 17.7 Å². The molecule has 0 aliphatic carbocycles. The third-order valence-electron chi connectivity index (χ3n) is 3.25. The largest absolute Gasteiger partial charge is 0.300 e. The molecule has 0 N–H and O–H groups in total. The minimum Gasteiger partial charge on any atom is -0.300 e. The Hall–Kier alpha value is -0.760. The van der Waals surface area contributed by atoms with Crippen molar-refractivity contribution in [2.24, 2.45) is 0 Å². The van der Waals surface area contributed by atoms with E-state index in [1.807, 2.05) is 6.92 Å². The monoisotopic (exact) mass is 250 g/mol. The number of thioether (sulfide) groups is 1. The van der Waals surface area contributed by atoms with E-state index in [-0.39, 0.29) is 0 Å². The van der Waals surface area contributed by atoms with Gasteiger partial charge in [-0.1, -0.05) is 26.0 Å². The third kappa shape index (κ3) is 4.55. The minimum absolute atomic E-state index is 0.379. The molecule has 0 spiro atoms. The first-order chi connectivity index (χ1) is 8.21. The number of rotatable bonds is 7. The fraction of sp³-hybridized carbons (Fsp3) is 0.533. The van der Waals surface area contributed by atoms with Gasteiger partial charge in [0.05, 0.1) is 0 Å². The Kier molecular flexibility index (Phi) is 6.35. The van der Waals surface area contributed by atoms with Gasteiger partial charge in [-0.2, -0.15) is 0 Å². The number of ketones is 1. The Balaban J connectivity index is 2.62. The summed E-state index contributed by atoms with van der Waals surface area (Å²) in [5, 5.41) is 0. The first kappa shape index (κ1) is 14.3. The molecule has 1 aromatic carbocycles. The Bertz CT molecular complexity index is 342. The fourth-order valence-corrected chi connectivity index (χ4v) is 2.40. The number of hydrogen-bond acceptors (Lipinski definition) is 2. The van der Waals surface area contributed by atoms with Crippen molar-refractivity contribution < 1.29 is 4.79 Å². The van der Waals surface area contributed by atoms with Crippen LogP contribution in [0.2, 0.25) is 0 Å². The highest BCUT2D eigenvalue weighted by Gasteiger charge is 2.11. The molecule has 0 saturated carbocycles. The van der Waals surface area contributed by atoms with E-state index in [4.69, 9.17) is 0 Å². The van der Waals surface area contributed by atoms with E-state index in [0.29, 0.717) is 18.1 Å². The molecule has 1 rings (SSSR count). The summed E-state index contributed by atoms with van der Waals surface area (Å²) in [5.74, 6) is 0.908. The molecular weight excluding hydrogens is 228 g/mol. The Labute approximate surface area is 109 Å². The molecule has 0 aliphatic rings. The van der Waals surface area contributed by atoms with Gasteiger partial charge in [0.2, 0.25) is 0 Å². The molecule has 0 aliphatic heterocycles. The van der Waals surface area contributed by atoms with E-state index in [2.05, 4.69) is 37.4 Å². The van der Waals surface area contributed by atoms with Crippen LogP contribution in [0.3, 0.4) is 0 Å². The highest BCUT2D eigenvalue weighted by Crippen LogP contribution is 2.26. The van der Waals surface area contributed by atoms with Crippen molar-refractivity contribution in [3.63, 3.8) is 0 Å². The summed E-state index contributed by atoms with van der Waals surface area (Å²) >= 11 is 1.76. The van der Waals surface area contributed by atoms with Crippen molar-refractivity contribution in [3.8, 4) is 0 Å². The van der Waals surface area contributed by atoms with Crippen LogP contribution in [-0.4, -0.2) is 12.0 Å². The van der Waals surface area contributed by atoms with E-state index >= 15 is 0 Å². The zero-order valence-corrected chi connectivity index (χ0v) is 11.8. The normalized spacial score (nSPS) is 12.4. The Morgan fingerprint density at radius 3 is 2.35 bits per heavy atom. The predicted octanol–water partition coefficient (Wildman–Crippen LogP) is 4.66. The molecule has 0 amide bonds. The number of benzene rings is 1. The lowest BCUT2D eigenvalue weighted by Crippen LogP contribution is -2.02. The molecule has 0 fully saturated rings. The van der Waals surface area contributed by atoms with Gasteiger partial charge in [0.25, 0.3) is 0 Å². The van der Waals surface area contributed by atoms with Crippen LogP contribution >= 0.6 is 11.8 Å². The molecule has 1 aromatic rings. The number of hydrogen-bond donors (Lipinski definition) is 0. The van der Waals surface area contributed by atoms with Crippen LogP contribution in [0.25, 0.3) is 0 Å². The van der Waals surface area contributed by atoms with E-state index in [1.54, 1.807) is 11.8 Å². The standard InChI is InChI=1S/C15H22OS/c1-4-12(6-9-14(16)5-2)13-7-10-15(17-3)11-8-13/h7-8,10-12H,4-6,9H2,1-3H3. The van der Waals surface area contributed by atoms with Gasteiger partial charge in [-0.25, -0.2) is 0 Å². The highest BCUT2D eigenvalue weighted by atomic mass is 32.2. The highest BCUT2D eigenvalue weighted by molar-refractivity contribution is 7.98. The quantitative estimate of drug-likeness (QED) is 0.655. The number of carbonyl (C=O) groups excluding carboxylic acids is 1. The van der Waals surface area contributed by atoms with Crippen molar-refractivity contribution >= 4 is 17.5 Å². The molecule has 1 unspecified atom stereocenters. The first-order valence-electron chi connectivity index (χ1n) is 6.36. The molecule has 94 valence electrons. The summed E-state index contributed by atoms with van der Waals surface area (Å²) in [6.07, 6.45) is 5.57. The average molecular weight is 250 g/mol. The SMILES string of the molecule is CCC(=O)CCC(CC)c1ccc(SC)cc1. The van der Waals surface area contributed by atoms with Crippen LogP contribution in [-0.2, 0) is 4.79 Å². The van der Waals surface area contributed by atoms with Gasteiger partial charge in [0.1, 0.15) is 5.78 Å². The second-order valence-electron chi connectivity index (χ2n) is 4.31.